The van der Waals surface area contributed by atoms with Crippen molar-refractivity contribution >= 4 is 5.78 Å². The van der Waals surface area contributed by atoms with Crippen molar-refractivity contribution in [1.29, 1.82) is 0 Å². The summed E-state index contributed by atoms with van der Waals surface area (Å²) in [6, 6.07) is 0. The fraction of sp³-hybridized carbons (Fsp3) is 0.792. The van der Waals surface area contributed by atoms with Gasteiger partial charge in [0.2, 0.25) is 0 Å². The molecule has 1 spiro atoms. The van der Waals surface area contributed by atoms with E-state index in [0.717, 1.165) is 6.42 Å². The monoisotopic (exact) mass is 358 g/mol. The normalized spacial score (nSPS) is 44.5. The summed E-state index contributed by atoms with van der Waals surface area (Å²) in [4.78, 5) is 13.4. The predicted molar refractivity (Wildman–Crippen MR) is 108 cm³/mol. The molecule has 0 aromatic heterocycles. The maximum Gasteiger partial charge on any atom is 0.140 e. The van der Waals surface area contributed by atoms with Crippen LogP contribution in [0.1, 0.15) is 68.2 Å². The molecule has 0 bridgehead atoms. The quantitative estimate of drug-likeness (QED) is 0.684. The first-order valence-corrected chi connectivity index (χ1v) is 10.3. The Morgan fingerprint density at radius 2 is 1.81 bits per heavy atom. The van der Waals surface area contributed by atoms with Gasteiger partial charge in [-0.25, -0.2) is 0 Å². The summed E-state index contributed by atoms with van der Waals surface area (Å²) < 4.78 is 0. The van der Waals surface area contributed by atoms with Gasteiger partial charge >= 0.3 is 0 Å². The van der Waals surface area contributed by atoms with Gasteiger partial charge in [-0.15, -0.1) is 0 Å². The number of hydrogen-bond donors (Lipinski definition) is 1. The molecular formula is C24H38O2. The molecule has 1 N–H and O–H groups in total. The zero-order chi connectivity index (χ0) is 20.0. The molecule has 0 heterocycles. The van der Waals surface area contributed by atoms with Crippen molar-refractivity contribution in [1.82, 2.24) is 0 Å². The molecule has 3 saturated carbocycles. The van der Waals surface area contributed by atoms with Gasteiger partial charge in [0.25, 0.3) is 0 Å². The Hall–Kier alpha value is -0.890. The lowest BCUT2D eigenvalue weighted by Gasteiger charge is -2.41. The predicted octanol–water partition coefficient (Wildman–Crippen LogP) is 5.42. The molecule has 6 atom stereocenters. The van der Waals surface area contributed by atoms with Gasteiger partial charge in [0.1, 0.15) is 5.78 Å². The minimum Gasteiger partial charge on any atom is -0.390 e. The Balaban J connectivity index is 2.21. The lowest BCUT2D eigenvalue weighted by atomic mass is 9.61. The van der Waals surface area contributed by atoms with Crippen molar-refractivity contribution in [2.24, 2.45) is 45.8 Å². The Morgan fingerprint density at radius 1 is 1.27 bits per heavy atom. The molecule has 0 aromatic carbocycles. The molecular weight excluding hydrogens is 320 g/mol. The van der Waals surface area contributed by atoms with Gasteiger partial charge in [0, 0.05) is 23.2 Å². The van der Waals surface area contributed by atoms with Crippen LogP contribution in [0.3, 0.4) is 0 Å². The van der Waals surface area contributed by atoms with Crippen molar-refractivity contribution in [3.8, 4) is 0 Å². The fourth-order valence-electron chi connectivity index (χ4n) is 7.59. The van der Waals surface area contributed by atoms with Crippen molar-refractivity contribution in [2.45, 2.75) is 73.8 Å². The van der Waals surface area contributed by atoms with Crippen LogP contribution in [0.25, 0.3) is 0 Å². The van der Waals surface area contributed by atoms with E-state index in [2.05, 4.69) is 54.7 Å². The van der Waals surface area contributed by atoms with Crippen LogP contribution in [0.15, 0.2) is 24.3 Å². The van der Waals surface area contributed by atoms with Gasteiger partial charge in [0.05, 0.1) is 5.60 Å². The number of Topliss-reactive ketones (excluding diaryl/α,β-unsaturated/α-hetero) is 1. The van der Waals surface area contributed by atoms with Crippen LogP contribution in [0.2, 0.25) is 0 Å². The van der Waals surface area contributed by atoms with Gasteiger partial charge < -0.3 is 5.11 Å². The third-order valence-electron chi connectivity index (χ3n) is 9.17. The minimum absolute atomic E-state index is 0.0949. The van der Waals surface area contributed by atoms with E-state index in [1.54, 1.807) is 0 Å². The maximum atomic E-state index is 13.4. The summed E-state index contributed by atoms with van der Waals surface area (Å²) in [5.74, 6) is 1.61. The summed E-state index contributed by atoms with van der Waals surface area (Å²) in [5, 5.41) is 11.0. The van der Waals surface area contributed by atoms with E-state index in [0.29, 0.717) is 18.1 Å². The molecule has 3 aliphatic carbocycles. The molecule has 0 saturated heterocycles. The number of allylic oxidation sites excluding steroid dienone is 2. The van der Waals surface area contributed by atoms with E-state index >= 15 is 0 Å². The summed E-state index contributed by atoms with van der Waals surface area (Å²) in [7, 11) is 0. The lowest BCUT2D eigenvalue weighted by Crippen LogP contribution is -2.41. The first-order valence-electron chi connectivity index (χ1n) is 10.3. The maximum absolute atomic E-state index is 13.4. The van der Waals surface area contributed by atoms with Gasteiger partial charge in [-0.3, -0.25) is 4.79 Å². The van der Waals surface area contributed by atoms with Crippen LogP contribution in [0, 0.1) is 45.8 Å². The smallest absolute Gasteiger partial charge is 0.140 e. The van der Waals surface area contributed by atoms with Gasteiger partial charge in [0.15, 0.2) is 0 Å². The first-order chi connectivity index (χ1) is 11.6. The van der Waals surface area contributed by atoms with Crippen molar-refractivity contribution in [3.63, 3.8) is 0 Å². The molecule has 0 aliphatic heterocycles. The highest BCUT2D eigenvalue weighted by atomic mass is 16.3. The summed E-state index contributed by atoms with van der Waals surface area (Å²) in [6.07, 6.45) is 1.49. The summed E-state index contributed by atoms with van der Waals surface area (Å²) >= 11 is 0. The molecule has 0 aromatic rings. The second kappa shape index (κ2) is 5.34. The highest BCUT2D eigenvalue weighted by Crippen LogP contribution is 2.80. The summed E-state index contributed by atoms with van der Waals surface area (Å²) in [6.45, 7) is 26.2. The second-order valence-corrected chi connectivity index (χ2v) is 11.1. The molecule has 146 valence electrons. The SMILES string of the molecule is C=C(C(C)C)C1C(=C)C23CC(C(C)(C)O)C(C)(C)C2CC(=O)C3(C)C1C. The lowest BCUT2D eigenvalue weighted by molar-refractivity contribution is -0.130. The molecule has 0 radical (unpaired) electrons. The molecule has 2 nitrogen and oxygen atoms in total. The van der Waals surface area contributed by atoms with E-state index < -0.39 is 11.0 Å². The topological polar surface area (TPSA) is 37.3 Å². The Labute approximate surface area is 160 Å². The average molecular weight is 359 g/mol. The zero-order valence-corrected chi connectivity index (χ0v) is 18.1. The third kappa shape index (κ3) is 2.00. The van der Waals surface area contributed by atoms with Crippen molar-refractivity contribution in [3.05, 3.63) is 24.3 Å². The van der Waals surface area contributed by atoms with Gasteiger partial charge in [-0.2, -0.15) is 0 Å². The number of aliphatic hydroxyl groups is 1. The minimum atomic E-state index is -0.761. The molecule has 26 heavy (non-hydrogen) atoms. The molecule has 3 rings (SSSR count). The van der Waals surface area contributed by atoms with Gasteiger partial charge in [-0.05, 0) is 49.4 Å². The number of carbonyl (C=O) groups is 1. The average Bonchev–Trinajstić information content (AvgIpc) is 2.94. The number of ketones is 1. The largest absolute Gasteiger partial charge is 0.390 e. The van der Waals surface area contributed by atoms with Gasteiger partial charge in [-0.1, -0.05) is 65.8 Å². The molecule has 6 unspecified atom stereocenters. The number of carbonyl (C=O) groups excluding carboxylic acids is 1. The second-order valence-electron chi connectivity index (χ2n) is 11.1. The standard InChI is InChI=1S/C24H38O2/c1-13(2)14(3)20-15(4)23(10)19(25)11-17-21(6,7)18(22(8,9)26)12-24(17,23)16(20)5/h13,15,17-18,20,26H,3,5,11-12H2,1-2,4,6-10H3. The van der Waals surface area contributed by atoms with E-state index in [9.17, 15) is 9.90 Å². The zero-order valence-electron chi connectivity index (χ0n) is 18.1. The Bertz CT molecular complexity index is 677. The molecule has 3 aliphatic rings. The first kappa shape index (κ1) is 19.9. The fourth-order valence-corrected chi connectivity index (χ4v) is 7.59. The molecule has 3 fully saturated rings. The molecule has 2 heteroatoms. The number of rotatable bonds is 3. The van der Waals surface area contributed by atoms with E-state index in [1.165, 1.54) is 11.1 Å². The Morgan fingerprint density at radius 3 is 2.27 bits per heavy atom. The van der Waals surface area contributed by atoms with Crippen LogP contribution in [0.4, 0.5) is 0 Å². The van der Waals surface area contributed by atoms with E-state index in [-0.39, 0.29) is 34.5 Å². The van der Waals surface area contributed by atoms with Crippen LogP contribution in [-0.4, -0.2) is 16.5 Å². The highest BCUT2D eigenvalue weighted by molar-refractivity contribution is 5.91. The van der Waals surface area contributed by atoms with E-state index in [1.807, 2.05) is 13.8 Å². The number of hydrogen-bond acceptors (Lipinski definition) is 2. The van der Waals surface area contributed by atoms with Crippen molar-refractivity contribution in [2.75, 3.05) is 0 Å². The van der Waals surface area contributed by atoms with Crippen LogP contribution >= 0.6 is 0 Å². The molecule has 0 amide bonds. The van der Waals surface area contributed by atoms with Crippen LogP contribution in [0.5, 0.6) is 0 Å². The van der Waals surface area contributed by atoms with E-state index in [4.69, 9.17) is 0 Å². The Kier molecular flexibility index (Phi) is 4.08. The highest BCUT2D eigenvalue weighted by Gasteiger charge is 2.78. The van der Waals surface area contributed by atoms with Crippen LogP contribution in [-0.2, 0) is 4.79 Å². The summed E-state index contributed by atoms with van der Waals surface area (Å²) in [5.41, 5.74) is 0.978. The van der Waals surface area contributed by atoms with Crippen LogP contribution < -0.4 is 0 Å². The third-order valence-corrected chi connectivity index (χ3v) is 9.17. The van der Waals surface area contributed by atoms with Crippen molar-refractivity contribution < 1.29 is 9.90 Å².